The van der Waals surface area contributed by atoms with E-state index in [1.807, 2.05) is 30.5 Å². The predicted molar refractivity (Wildman–Crippen MR) is 85.6 cm³/mol. The first kappa shape index (κ1) is 14.7. The van der Waals surface area contributed by atoms with E-state index in [1.54, 1.807) is 11.8 Å². The van der Waals surface area contributed by atoms with Gasteiger partial charge in [-0.15, -0.1) is 11.8 Å². The van der Waals surface area contributed by atoms with Crippen LogP contribution in [0.1, 0.15) is 18.9 Å². The molecule has 3 nitrogen and oxygen atoms in total. The standard InChI is InChI=1S/C16H20N2OS/c1-3-10-17-16-9-4-13(11-18-16)12-19-14-5-7-15(20-2)8-6-14/h4-9,11H,3,10,12H2,1-2H3,(H,17,18). The van der Waals surface area contributed by atoms with Crippen molar-refractivity contribution in [2.75, 3.05) is 18.1 Å². The van der Waals surface area contributed by atoms with Crippen LogP contribution in [-0.4, -0.2) is 17.8 Å². The van der Waals surface area contributed by atoms with E-state index in [1.165, 1.54) is 4.90 Å². The molecule has 1 N–H and O–H groups in total. The molecule has 0 aliphatic carbocycles. The molecule has 0 bridgehead atoms. The van der Waals surface area contributed by atoms with E-state index in [-0.39, 0.29) is 0 Å². The van der Waals surface area contributed by atoms with Crippen LogP contribution in [0.15, 0.2) is 47.5 Å². The highest BCUT2D eigenvalue weighted by atomic mass is 32.2. The van der Waals surface area contributed by atoms with Gasteiger partial charge in [-0.3, -0.25) is 0 Å². The van der Waals surface area contributed by atoms with Crippen LogP contribution in [-0.2, 0) is 6.61 Å². The number of aromatic nitrogens is 1. The Hall–Kier alpha value is -1.68. The van der Waals surface area contributed by atoms with Gasteiger partial charge in [0.2, 0.25) is 0 Å². The minimum atomic E-state index is 0.541. The highest BCUT2D eigenvalue weighted by Gasteiger charge is 1.98. The molecule has 0 atom stereocenters. The summed E-state index contributed by atoms with van der Waals surface area (Å²) in [4.78, 5) is 5.60. The summed E-state index contributed by atoms with van der Waals surface area (Å²) in [6.07, 6.45) is 5.02. The summed E-state index contributed by atoms with van der Waals surface area (Å²) in [6.45, 7) is 3.63. The van der Waals surface area contributed by atoms with Gasteiger partial charge < -0.3 is 10.1 Å². The van der Waals surface area contributed by atoms with Crippen LogP contribution in [0.5, 0.6) is 5.75 Å². The molecule has 0 spiro atoms. The lowest BCUT2D eigenvalue weighted by Crippen LogP contribution is -2.02. The molecule has 0 saturated carbocycles. The van der Waals surface area contributed by atoms with Crippen molar-refractivity contribution in [2.24, 2.45) is 0 Å². The molecule has 20 heavy (non-hydrogen) atoms. The largest absolute Gasteiger partial charge is 0.489 e. The zero-order valence-electron chi connectivity index (χ0n) is 11.9. The average Bonchev–Trinajstić information content (AvgIpc) is 2.52. The fourth-order valence-electron chi connectivity index (χ4n) is 1.71. The molecule has 0 unspecified atom stereocenters. The van der Waals surface area contributed by atoms with Crippen molar-refractivity contribution < 1.29 is 4.74 Å². The van der Waals surface area contributed by atoms with Gasteiger partial charge in [0.1, 0.15) is 18.2 Å². The number of ether oxygens (including phenoxy) is 1. The van der Waals surface area contributed by atoms with Crippen LogP contribution in [0.3, 0.4) is 0 Å². The molecule has 0 aliphatic heterocycles. The van der Waals surface area contributed by atoms with Gasteiger partial charge in [0.15, 0.2) is 0 Å². The van der Waals surface area contributed by atoms with Gasteiger partial charge in [-0.05, 0) is 43.0 Å². The minimum Gasteiger partial charge on any atom is -0.489 e. The fraction of sp³-hybridized carbons (Fsp3) is 0.312. The van der Waals surface area contributed by atoms with Crippen molar-refractivity contribution in [2.45, 2.75) is 24.8 Å². The number of thioether (sulfide) groups is 1. The van der Waals surface area contributed by atoms with E-state index in [0.29, 0.717) is 6.61 Å². The van der Waals surface area contributed by atoms with Crippen LogP contribution in [0.2, 0.25) is 0 Å². The molecule has 1 aromatic carbocycles. The van der Waals surface area contributed by atoms with E-state index in [0.717, 1.165) is 30.1 Å². The molecule has 0 radical (unpaired) electrons. The molecule has 106 valence electrons. The van der Waals surface area contributed by atoms with Crippen LogP contribution in [0.4, 0.5) is 5.82 Å². The highest BCUT2D eigenvalue weighted by molar-refractivity contribution is 7.98. The summed E-state index contributed by atoms with van der Waals surface area (Å²) in [5.41, 5.74) is 1.07. The zero-order chi connectivity index (χ0) is 14.2. The summed E-state index contributed by atoms with van der Waals surface area (Å²) in [5.74, 6) is 1.80. The SMILES string of the molecule is CCCNc1ccc(COc2ccc(SC)cc2)cn1. The molecule has 0 amide bonds. The van der Waals surface area contributed by atoms with E-state index in [9.17, 15) is 0 Å². The first-order chi connectivity index (χ1) is 9.81. The summed E-state index contributed by atoms with van der Waals surface area (Å²) in [7, 11) is 0. The van der Waals surface area contributed by atoms with Gasteiger partial charge in [0.05, 0.1) is 0 Å². The van der Waals surface area contributed by atoms with Gasteiger partial charge >= 0.3 is 0 Å². The lowest BCUT2D eigenvalue weighted by molar-refractivity contribution is 0.305. The minimum absolute atomic E-state index is 0.541. The first-order valence-corrected chi connectivity index (χ1v) is 8.00. The average molecular weight is 288 g/mol. The number of anilines is 1. The Labute approximate surface area is 124 Å². The van der Waals surface area contributed by atoms with Crippen molar-refractivity contribution in [1.29, 1.82) is 0 Å². The highest BCUT2D eigenvalue weighted by Crippen LogP contribution is 2.19. The monoisotopic (exact) mass is 288 g/mol. The van der Waals surface area contributed by atoms with Crippen molar-refractivity contribution in [3.8, 4) is 5.75 Å². The summed E-state index contributed by atoms with van der Waals surface area (Å²) in [6, 6.07) is 12.2. The molecule has 1 heterocycles. The maximum absolute atomic E-state index is 5.74. The van der Waals surface area contributed by atoms with E-state index >= 15 is 0 Å². The van der Waals surface area contributed by atoms with Gasteiger partial charge in [-0.1, -0.05) is 13.0 Å². The van der Waals surface area contributed by atoms with Gasteiger partial charge in [0, 0.05) is 23.2 Å². The molecule has 4 heteroatoms. The lowest BCUT2D eigenvalue weighted by atomic mass is 10.3. The third-order valence-electron chi connectivity index (χ3n) is 2.85. The molecule has 0 aliphatic rings. The number of nitrogens with zero attached hydrogens (tertiary/aromatic N) is 1. The Kier molecular flexibility index (Phi) is 5.74. The second-order valence-electron chi connectivity index (χ2n) is 4.44. The number of pyridine rings is 1. The fourth-order valence-corrected chi connectivity index (χ4v) is 2.11. The van der Waals surface area contributed by atoms with Crippen molar-refractivity contribution in [3.05, 3.63) is 48.2 Å². The van der Waals surface area contributed by atoms with E-state index < -0.39 is 0 Å². The lowest BCUT2D eigenvalue weighted by Gasteiger charge is -2.08. The second-order valence-corrected chi connectivity index (χ2v) is 5.32. The normalized spacial score (nSPS) is 10.3. The van der Waals surface area contributed by atoms with Crippen molar-refractivity contribution in [3.63, 3.8) is 0 Å². The van der Waals surface area contributed by atoms with E-state index in [2.05, 4.69) is 35.6 Å². The van der Waals surface area contributed by atoms with Crippen LogP contribution < -0.4 is 10.1 Å². The molecule has 2 rings (SSSR count). The maximum atomic E-state index is 5.74. The Morgan fingerprint density at radius 2 is 1.95 bits per heavy atom. The smallest absolute Gasteiger partial charge is 0.125 e. The number of nitrogens with one attached hydrogen (secondary N) is 1. The van der Waals surface area contributed by atoms with Crippen LogP contribution >= 0.6 is 11.8 Å². The number of hydrogen-bond donors (Lipinski definition) is 1. The summed E-state index contributed by atoms with van der Waals surface area (Å²) < 4.78 is 5.74. The zero-order valence-corrected chi connectivity index (χ0v) is 12.7. The van der Waals surface area contributed by atoms with Crippen molar-refractivity contribution >= 4 is 17.6 Å². The predicted octanol–water partition coefficient (Wildman–Crippen LogP) is 4.20. The van der Waals surface area contributed by atoms with E-state index in [4.69, 9.17) is 4.74 Å². The summed E-state index contributed by atoms with van der Waals surface area (Å²) in [5, 5.41) is 3.25. The maximum Gasteiger partial charge on any atom is 0.125 e. The van der Waals surface area contributed by atoms with Crippen molar-refractivity contribution in [1.82, 2.24) is 4.98 Å². The molecule has 0 saturated heterocycles. The third kappa shape index (κ3) is 4.46. The van der Waals surface area contributed by atoms with Gasteiger partial charge in [0.25, 0.3) is 0 Å². The Morgan fingerprint density at radius 1 is 1.15 bits per heavy atom. The van der Waals surface area contributed by atoms with Crippen LogP contribution in [0, 0.1) is 0 Å². The van der Waals surface area contributed by atoms with Gasteiger partial charge in [-0.2, -0.15) is 0 Å². The van der Waals surface area contributed by atoms with Crippen LogP contribution in [0.25, 0.3) is 0 Å². The molecule has 2 aromatic rings. The molecule has 1 aromatic heterocycles. The molecular weight excluding hydrogens is 268 g/mol. The number of benzene rings is 1. The first-order valence-electron chi connectivity index (χ1n) is 6.77. The summed E-state index contributed by atoms with van der Waals surface area (Å²) >= 11 is 1.73. The topological polar surface area (TPSA) is 34.1 Å². The Balaban J connectivity index is 1.86. The molecule has 0 fully saturated rings. The Bertz CT molecular complexity index is 511. The Morgan fingerprint density at radius 3 is 2.55 bits per heavy atom. The second kappa shape index (κ2) is 7.80. The molecular formula is C16H20N2OS. The number of hydrogen-bond acceptors (Lipinski definition) is 4. The number of rotatable bonds is 7. The van der Waals surface area contributed by atoms with Gasteiger partial charge in [-0.25, -0.2) is 4.98 Å². The quantitative estimate of drug-likeness (QED) is 0.774. The third-order valence-corrected chi connectivity index (χ3v) is 3.59.